The highest BCUT2D eigenvalue weighted by molar-refractivity contribution is 5.85. The van der Waals surface area contributed by atoms with Crippen LogP contribution in [0.1, 0.15) is 18.2 Å². The van der Waals surface area contributed by atoms with Crippen molar-refractivity contribution in [3.8, 4) is 0 Å². The molecule has 0 saturated heterocycles. The number of benzene rings is 2. The standard InChI is InChI=1S/C17H19N3/c1-3-18-17-19-13(2)11-20(17)12-15-9-6-8-14-7-4-5-10-16(14)15/h4-11H,3,12H2,1-2H3,(H,18,19). The average molecular weight is 265 g/mol. The SMILES string of the molecule is CCNc1nc(C)cn1Cc1cccc2ccccc12. The fourth-order valence-electron chi connectivity index (χ4n) is 2.58. The van der Waals surface area contributed by atoms with Gasteiger partial charge in [0.15, 0.2) is 0 Å². The van der Waals surface area contributed by atoms with Crippen molar-refractivity contribution in [2.24, 2.45) is 0 Å². The van der Waals surface area contributed by atoms with E-state index in [1.165, 1.54) is 16.3 Å². The molecule has 20 heavy (non-hydrogen) atoms. The summed E-state index contributed by atoms with van der Waals surface area (Å²) in [6, 6.07) is 15.0. The summed E-state index contributed by atoms with van der Waals surface area (Å²) in [5.41, 5.74) is 2.36. The molecule has 1 N–H and O–H groups in total. The maximum atomic E-state index is 4.53. The molecule has 0 aliphatic carbocycles. The van der Waals surface area contributed by atoms with Gasteiger partial charge in [-0.25, -0.2) is 4.98 Å². The zero-order chi connectivity index (χ0) is 13.9. The minimum Gasteiger partial charge on any atom is -0.356 e. The van der Waals surface area contributed by atoms with Gasteiger partial charge in [-0.05, 0) is 30.2 Å². The summed E-state index contributed by atoms with van der Waals surface area (Å²) >= 11 is 0. The Morgan fingerprint density at radius 1 is 1.10 bits per heavy atom. The minimum atomic E-state index is 0.838. The molecule has 3 rings (SSSR count). The summed E-state index contributed by atoms with van der Waals surface area (Å²) in [5, 5.41) is 5.91. The van der Waals surface area contributed by atoms with Crippen molar-refractivity contribution in [2.45, 2.75) is 20.4 Å². The number of aryl methyl sites for hydroxylation is 1. The number of nitrogens with one attached hydrogen (secondary N) is 1. The van der Waals surface area contributed by atoms with Gasteiger partial charge in [-0.3, -0.25) is 0 Å². The van der Waals surface area contributed by atoms with Gasteiger partial charge in [0.05, 0.1) is 12.2 Å². The molecule has 0 aliphatic heterocycles. The molecule has 0 radical (unpaired) electrons. The van der Waals surface area contributed by atoms with E-state index in [2.05, 4.69) is 70.5 Å². The van der Waals surface area contributed by atoms with Crippen LogP contribution in [0.3, 0.4) is 0 Å². The maximum absolute atomic E-state index is 4.53. The fraction of sp³-hybridized carbons (Fsp3) is 0.235. The van der Waals surface area contributed by atoms with Gasteiger partial charge in [0.2, 0.25) is 5.95 Å². The van der Waals surface area contributed by atoms with E-state index >= 15 is 0 Å². The van der Waals surface area contributed by atoms with Gasteiger partial charge < -0.3 is 9.88 Å². The van der Waals surface area contributed by atoms with Crippen molar-refractivity contribution in [3.63, 3.8) is 0 Å². The van der Waals surface area contributed by atoms with Crippen LogP contribution in [0.4, 0.5) is 5.95 Å². The molecule has 1 aromatic heterocycles. The first-order chi connectivity index (χ1) is 9.78. The van der Waals surface area contributed by atoms with Gasteiger partial charge in [-0.1, -0.05) is 42.5 Å². The van der Waals surface area contributed by atoms with Crippen LogP contribution in [0.15, 0.2) is 48.7 Å². The molecule has 2 aromatic carbocycles. The lowest BCUT2D eigenvalue weighted by Crippen LogP contribution is -2.07. The van der Waals surface area contributed by atoms with Gasteiger partial charge >= 0.3 is 0 Å². The van der Waals surface area contributed by atoms with Crippen molar-refractivity contribution in [1.29, 1.82) is 0 Å². The van der Waals surface area contributed by atoms with E-state index in [0.29, 0.717) is 0 Å². The summed E-state index contributed by atoms with van der Waals surface area (Å²) in [5.74, 6) is 0.943. The Bertz CT molecular complexity index is 723. The van der Waals surface area contributed by atoms with Crippen LogP contribution >= 0.6 is 0 Å². The van der Waals surface area contributed by atoms with Crippen molar-refractivity contribution >= 4 is 16.7 Å². The summed E-state index contributed by atoms with van der Waals surface area (Å²) in [7, 11) is 0. The smallest absolute Gasteiger partial charge is 0.203 e. The Morgan fingerprint density at radius 3 is 2.75 bits per heavy atom. The van der Waals surface area contributed by atoms with Gasteiger partial charge in [0.25, 0.3) is 0 Å². The van der Waals surface area contributed by atoms with Gasteiger partial charge in [0, 0.05) is 12.7 Å². The summed E-state index contributed by atoms with van der Waals surface area (Å²) in [4.78, 5) is 4.53. The Hall–Kier alpha value is -2.29. The molecule has 0 unspecified atom stereocenters. The fourth-order valence-corrected chi connectivity index (χ4v) is 2.58. The van der Waals surface area contributed by atoms with Crippen molar-refractivity contribution in [2.75, 3.05) is 11.9 Å². The Kier molecular flexibility index (Phi) is 3.42. The molecule has 3 aromatic rings. The number of imidazole rings is 1. The maximum Gasteiger partial charge on any atom is 0.203 e. The van der Waals surface area contributed by atoms with Crippen molar-refractivity contribution < 1.29 is 0 Å². The molecule has 0 amide bonds. The number of hydrogen-bond acceptors (Lipinski definition) is 2. The first-order valence-corrected chi connectivity index (χ1v) is 7.02. The van der Waals surface area contributed by atoms with Crippen LogP contribution in [-0.4, -0.2) is 16.1 Å². The van der Waals surface area contributed by atoms with Gasteiger partial charge in [-0.15, -0.1) is 0 Å². The quantitative estimate of drug-likeness (QED) is 0.777. The number of anilines is 1. The van der Waals surface area contributed by atoms with Crippen LogP contribution in [0.2, 0.25) is 0 Å². The van der Waals surface area contributed by atoms with Crippen LogP contribution in [0.25, 0.3) is 10.8 Å². The largest absolute Gasteiger partial charge is 0.356 e. The van der Waals surface area contributed by atoms with Crippen LogP contribution in [0, 0.1) is 6.92 Å². The zero-order valence-corrected chi connectivity index (χ0v) is 11.9. The predicted octanol–water partition coefficient (Wildman–Crippen LogP) is 3.82. The van der Waals surface area contributed by atoms with Crippen molar-refractivity contribution in [1.82, 2.24) is 9.55 Å². The van der Waals surface area contributed by atoms with Crippen LogP contribution in [0.5, 0.6) is 0 Å². The highest BCUT2D eigenvalue weighted by Gasteiger charge is 2.07. The molecule has 102 valence electrons. The van der Waals surface area contributed by atoms with E-state index < -0.39 is 0 Å². The first kappa shape index (κ1) is 12.7. The van der Waals surface area contributed by atoms with E-state index in [1.54, 1.807) is 0 Å². The Morgan fingerprint density at radius 2 is 1.90 bits per heavy atom. The van der Waals surface area contributed by atoms with Crippen LogP contribution < -0.4 is 5.32 Å². The lowest BCUT2D eigenvalue weighted by molar-refractivity contribution is 0.804. The predicted molar refractivity (Wildman–Crippen MR) is 84.2 cm³/mol. The first-order valence-electron chi connectivity index (χ1n) is 7.02. The topological polar surface area (TPSA) is 29.9 Å². The summed E-state index contributed by atoms with van der Waals surface area (Å²) < 4.78 is 2.18. The molecule has 3 heteroatoms. The molecule has 0 spiro atoms. The number of hydrogen-bond donors (Lipinski definition) is 1. The molecular weight excluding hydrogens is 246 g/mol. The monoisotopic (exact) mass is 265 g/mol. The molecule has 3 nitrogen and oxygen atoms in total. The summed E-state index contributed by atoms with van der Waals surface area (Å²) in [6.45, 7) is 5.84. The number of rotatable bonds is 4. The third-order valence-electron chi connectivity index (χ3n) is 3.45. The van der Waals surface area contributed by atoms with Crippen molar-refractivity contribution in [3.05, 3.63) is 59.9 Å². The second-order valence-corrected chi connectivity index (χ2v) is 5.00. The third-order valence-corrected chi connectivity index (χ3v) is 3.45. The molecule has 1 heterocycles. The van der Waals surface area contributed by atoms with Gasteiger partial charge in [0.1, 0.15) is 0 Å². The van der Waals surface area contributed by atoms with E-state index in [-0.39, 0.29) is 0 Å². The molecular formula is C17H19N3. The molecule has 0 bridgehead atoms. The average Bonchev–Trinajstić information content (AvgIpc) is 2.80. The molecule has 0 saturated carbocycles. The number of nitrogens with zero attached hydrogens (tertiary/aromatic N) is 2. The van der Waals surface area contributed by atoms with Gasteiger partial charge in [-0.2, -0.15) is 0 Å². The Labute approximate surface area is 119 Å². The lowest BCUT2D eigenvalue weighted by atomic mass is 10.0. The lowest BCUT2D eigenvalue weighted by Gasteiger charge is -2.10. The number of fused-ring (bicyclic) bond motifs is 1. The highest BCUT2D eigenvalue weighted by Crippen LogP contribution is 2.21. The van der Waals surface area contributed by atoms with E-state index in [4.69, 9.17) is 0 Å². The molecule has 0 atom stereocenters. The second-order valence-electron chi connectivity index (χ2n) is 5.00. The molecule has 0 fully saturated rings. The van der Waals surface area contributed by atoms with E-state index in [1.807, 2.05) is 6.92 Å². The normalized spacial score (nSPS) is 10.9. The molecule has 0 aliphatic rings. The minimum absolute atomic E-state index is 0.838. The highest BCUT2D eigenvalue weighted by atomic mass is 15.2. The van der Waals surface area contributed by atoms with E-state index in [0.717, 1.165) is 24.7 Å². The zero-order valence-electron chi connectivity index (χ0n) is 11.9. The van der Waals surface area contributed by atoms with Crippen LogP contribution in [-0.2, 0) is 6.54 Å². The third kappa shape index (κ3) is 2.39. The number of aromatic nitrogens is 2. The second kappa shape index (κ2) is 5.37. The van der Waals surface area contributed by atoms with E-state index in [9.17, 15) is 0 Å². The summed E-state index contributed by atoms with van der Waals surface area (Å²) in [6.07, 6.45) is 2.10. The Balaban J connectivity index is 2.01.